The molecule has 4 aliphatic carbocycles. The minimum absolute atomic E-state index is 0.105. The van der Waals surface area contributed by atoms with Crippen LogP contribution in [0.2, 0.25) is 0 Å². The van der Waals surface area contributed by atoms with Gasteiger partial charge in [-0.15, -0.1) is 0 Å². The van der Waals surface area contributed by atoms with E-state index in [0.29, 0.717) is 29.9 Å². The van der Waals surface area contributed by atoms with Crippen LogP contribution in [-0.2, 0) is 25.1 Å². The van der Waals surface area contributed by atoms with Gasteiger partial charge in [0.2, 0.25) is 5.91 Å². The van der Waals surface area contributed by atoms with Crippen LogP contribution >= 0.6 is 15.2 Å². The number of hydrogen-bond donors (Lipinski definition) is 10. The lowest BCUT2D eigenvalue weighted by Gasteiger charge is -2.52. The van der Waals surface area contributed by atoms with Gasteiger partial charge in [0.05, 0.1) is 0 Å². The Balaban J connectivity index is 0.000000249. The second-order valence-electron chi connectivity index (χ2n) is 14.7. The van der Waals surface area contributed by atoms with E-state index in [2.05, 4.69) is 25.2 Å². The van der Waals surface area contributed by atoms with Crippen molar-refractivity contribution in [2.75, 3.05) is 0 Å². The molecule has 49 heavy (non-hydrogen) atoms. The van der Waals surface area contributed by atoms with Crippen molar-refractivity contribution in [3.8, 4) is 5.75 Å². The summed E-state index contributed by atoms with van der Waals surface area (Å²) in [5.41, 5.74) is 1.11. The lowest BCUT2D eigenvalue weighted by atomic mass is 9.53. The molecule has 17 heteroatoms. The maximum Gasteiger partial charge on any atom is 0.411 e. The van der Waals surface area contributed by atoms with E-state index in [-0.39, 0.29) is 17.4 Å². The Kier molecular flexibility index (Phi) is 11.8. The van der Waals surface area contributed by atoms with Crippen molar-refractivity contribution in [1.82, 2.24) is 10.6 Å². The zero-order valence-electron chi connectivity index (χ0n) is 27.8. The number of carboxylic acid groups (broad SMARTS) is 1. The molecule has 0 aliphatic heterocycles. The van der Waals surface area contributed by atoms with Crippen molar-refractivity contribution in [1.29, 1.82) is 0 Å². The maximum absolute atomic E-state index is 13.4. The van der Waals surface area contributed by atoms with Gasteiger partial charge in [0.15, 0.2) is 0 Å². The van der Waals surface area contributed by atoms with Crippen LogP contribution in [-0.4, -0.2) is 74.6 Å². The van der Waals surface area contributed by atoms with Crippen LogP contribution in [0.5, 0.6) is 5.75 Å². The average Bonchev–Trinajstić information content (AvgIpc) is 3.28. The standard InChI is InChI=1S/C26H37NO3.C6H13NO10P2/c1-16-3-6-18(7-4-16)27-24(29)26(30)14-12-23-22-9-5-17-15-19(28)8-10-20(17)21(22)11-13-25(23,26)2;8-4(7-5(9)10)2-1-3-6(11,18(12,13)14)19(15,16)17/h8,10,15-16,18,21-23,28,30H,3-7,9,11-14H2,1-2H3,(H,27,29);11H,1-3H2,(H,7,8)(H,9,10)(H2,12,13,14)(H2,15,16,17)/t16?,18?,21?,22?,23?,25-,26-;/m0./s1. The quantitative estimate of drug-likeness (QED) is 0.171. The van der Waals surface area contributed by atoms with Crippen molar-refractivity contribution in [3.63, 3.8) is 0 Å². The second-order valence-corrected chi connectivity index (χ2v) is 18.7. The first kappa shape index (κ1) is 39.4. The SMILES string of the molecule is CC1CCC(NC(=O)[C@@]2(O)CCC3C4CCc5cc(O)ccc5C4CC[C@@]32C)CC1.O=C(O)NC(=O)CCCC(O)(P(=O)(O)O)P(=O)(O)O. The Morgan fingerprint density at radius 2 is 1.59 bits per heavy atom. The van der Waals surface area contributed by atoms with Crippen molar-refractivity contribution in [2.24, 2.45) is 23.2 Å². The molecule has 0 heterocycles. The summed E-state index contributed by atoms with van der Waals surface area (Å²) in [7, 11) is -11.1. The zero-order chi connectivity index (χ0) is 36.6. The lowest BCUT2D eigenvalue weighted by molar-refractivity contribution is -0.160. The van der Waals surface area contributed by atoms with E-state index in [1.165, 1.54) is 29.3 Å². The highest BCUT2D eigenvalue weighted by Crippen LogP contribution is 2.69. The molecule has 15 nitrogen and oxygen atoms in total. The van der Waals surface area contributed by atoms with E-state index < -0.39 is 57.1 Å². The number of carbonyl (C=O) groups excluding carboxylic acids is 2. The second kappa shape index (κ2) is 14.7. The Morgan fingerprint density at radius 3 is 2.18 bits per heavy atom. The summed E-state index contributed by atoms with van der Waals surface area (Å²) in [6, 6.07) is 6.09. The van der Waals surface area contributed by atoms with E-state index in [1.807, 2.05) is 12.1 Å². The average molecular weight is 733 g/mol. The molecule has 3 unspecified atom stereocenters. The van der Waals surface area contributed by atoms with Gasteiger partial charge in [-0.1, -0.05) is 19.9 Å². The van der Waals surface area contributed by atoms with Gasteiger partial charge in [-0.3, -0.25) is 24.0 Å². The Morgan fingerprint density at radius 1 is 0.959 bits per heavy atom. The van der Waals surface area contributed by atoms with Gasteiger partial charge < -0.3 is 45.3 Å². The minimum atomic E-state index is -5.55. The molecule has 1 aromatic carbocycles. The lowest BCUT2D eigenvalue weighted by Crippen LogP contribution is -2.60. The van der Waals surface area contributed by atoms with Crippen LogP contribution in [0.15, 0.2) is 18.2 Å². The number of phenols is 1. The minimum Gasteiger partial charge on any atom is -0.508 e. The van der Waals surface area contributed by atoms with Crippen LogP contribution < -0.4 is 10.6 Å². The summed E-state index contributed by atoms with van der Waals surface area (Å²) in [5, 5.41) is 40.3. The molecule has 3 saturated carbocycles. The molecule has 5 atom stereocenters. The number of aromatic hydroxyl groups is 1. The van der Waals surface area contributed by atoms with Gasteiger partial charge in [-0.05, 0) is 118 Å². The third kappa shape index (κ3) is 8.10. The number of rotatable bonds is 8. The maximum atomic E-state index is 13.4. The van der Waals surface area contributed by atoms with Crippen molar-refractivity contribution in [2.45, 2.75) is 120 Å². The summed E-state index contributed by atoms with van der Waals surface area (Å²) in [5.74, 6) is 1.38. The predicted molar refractivity (Wildman–Crippen MR) is 176 cm³/mol. The molecule has 3 fully saturated rings. The van der Waals surface area contributed by atoms with Crippen LogP contribution in [0, 0.1) is 23.2 Å². The Labute approximate surface area is 285 Å². The van der Waals surface area contributed by atoms with Crippen molar-refractivity contribution >= 4 is 33.1 Å². The molecule has 0 saturated heterocycles. The topological polar surface area (TPSA) is 271 Å². The molecule has 4 aliphatic rings. The normalized spacial score (nSPS) is 31.2. The number of benzene rings is 1. The summed E-state index contributed by atoms with van der Waals surface area (Å²) < 4.78 is 21.8. The molecule has 3 amide bonds. The van der Waals surface area contributed by atoms with Gasteiger partial charge in [0.25, 0.3) is 11.0 Å². The fraction of sp³-hybridized carbons (Fsp3) is 0.719. The molecular formula is C32H50N2O13P2. The Hall–Kier alpha value is -2.35. The smallest absolute Gasteiger partial charge is 0.411 e. The fourth-order valence-corrected chi connectivity index (χ4v) is 11.1. The summed E-state index contributed by atoms with van der Waals surface area (Å²) in [6.07, 6.45) is 6.10. The Bertz CT molecular complexity index is 1480. The van der Waals surface area contributed by atoms with Crippen LogP contribution in [0.25, 0.3) is 0 Å². The first-order valence-electron chi connectivity index (χ1n) is 16.8. The predicted octanol–water partition coefficient (Wildman–Crippen LogP) is 3.63. The molecule has 0 aromatic heterocycles. The van der Waals surface area contributed by atoms with E-state index in [1.54, 1.807) is 0 Å². The third-order valence-corrected chi connectivity index (χ3v) is 15.6. The number of amides is 3. The van der Waals surface area contributed by atoms with Gasteiger partial charge in [-0.25, -0.2) is 4.79 Å². The first-order chi connectivity index (χ1) is 22.6. The number of carbonyl (C=O) groups is 3. The number of phenolic OH excluding ortho intramolecular Hbond substituents is 1. The molecule has 0 spiro atoms. The third-order valence-electron chi connectivity index (χ3n) is 11.7. The highest BCUT2D eigenvalue weighted by atomic mass is 31.2. The van der Waals surface area contributed by atoms with Crippen LogP contribution in [0.1, 0.15) is 108 Å². The van der Waals surface area contributed by atoms with Crippen LogP contribution in [0.4, 0.5) is 4.79 Å². The summed E-state index contributed by atoms with van der Waals surface area (Å²) in [4.78, 5) is 69.3. The summed E-state index contributed by atoms with van der Waals surface area (Å²) >= 11 is 0. The molecule has 276 valence electrons. The van der Waals surface area contributed by atoms with Gasteiger partial charge in [-0.2, -0.15) is 0 Å². The molecule has 0 radical (unpaired) electrons. The molecule has 1 aromatic rings. The molecule has 0 bridgehead atoms. The van der Waals surface area contributed by atoms with Crippen molar-refractivity contribution in [3.05, 3.63) is 29.3 Å². The molecule has 5 rings (SSSR count). The number of nitrogens with one attached hydrogen (secondary N) is 2. The molecular weight excluding hydrogens is 682 g/mol. The van der Waals surface area contributed by atoms with Crippen molar-refractivity contribution < 1.29 is 63.5 Å². The van der Waals surface area contributed by atoms with E-state index in [9.17, 15) is 38.8 Å². The number of aliphatic hydroxyl groups is 2. The van der Waals surface area contributed by atoms with E-state index in [0.717, 1.165) is 50.9 Å². The fourth-order valence-electron chi connectivity index (χ4n) is 8.80. The van der Waals surface area contributed by atoms with Gasteiger partial charge >= 0.3 is 21.3 Å². The van der Waals surface area contributed by atoms with Crippen LogP contribution in [0.3, 0.4) is 0 Å². The van der Waals surface area contributed by atoms with E-state index >= 15 is 0 Å². The summed E-state index contributed by atoms with van der Waals surface area (Å²) in [6.45, 7) is 4.48. The number of fused-ring (bicyclic) bond motifs is 5. The highest BCUT2D eigenvalue weighted by Gasteiger charge is 2.65. The largest absolute Gasteiger partial charge is 0.508 e. The number of hydrogen-bond acceptors (Lipinski definition) is 8. The first-order valence-corrected chi connectivity index (χ1v) is 20.1. The highest BCUT2D eigenvalue weighted by molar-refractivity contribution is 7.72. The zero-order valence-corrected chi connectivity index (χ0v) is 29.6. The van der Waals surface area contributed by atoms with E-state index in [4.69, 9.17) is 24.7 Å². The number of aryl methyl sites for hydroxylation is 1. The van der Waals surface area contributed by atoms with Gasteiger partial charge in [0, 0.05) is 24.3 Å². The van der Waals surface area contributed by atoms with Gasteiger partial charge in [0.1, 0.15) is 11.4 Å². The monoisotopic (exact) mass is 732 g/mol. The molecule has 10 N–H and O–H groups in total. The number of imide groups is 1.